The third-order valence-electron chi connectivity index (χ3n) is 4.46. The summed E-state index contributed by atoms with van der Waals surface area (Å²) < 4.78 is 10.5. The fourth-order valence-electron chi connectivity index (χ4n) is 3.11. The van der Waals surface area contributed by atoms with Gasteiger partial charge in [0.1, 0.15) is 5.75 Å². The highest BCUT2D eigenvalue weighted by Gasteiger charge is 2.28. The molecule has 1 aromatic carbocycles. The molecule has 1 aliphatic heterocycles. The predicted octanol–water partition coefficient (Wildman–Crippen LogP) is 3.75. The molecule has 23 heavy (non-hydrogen) atoms. The molecule has 0 N–H and O–H groups in total. The van der Waals surface area contributed by atoms with E-state index in [1.165, 1.54) is 6.42 Å². The average molecular weight is 314 g/mol. The molecule has 1 saturated heterocycles. The number of carbonyl (C=O) groups excluding carboxylic acids is 1. The van der Waals surface area contributed by atoms with E-state index < -0.39 is 0 Å². The molecule has 2 heterocycles. The molecular formula is C18H22N2O3. The summed E-state index contributed by atoms with van der Waals surface area (Å²) in [6.07, 6.45) is 4.31. The maximum atomic E-state index is 12.7. The zero-order chi connectivity index (χ0) is 16.2. The van der Waals surface area contributed by atoms with Gasteiger partial charge in [0.15, 0.2) is 11.5 Å². The Bertz CT molecular complexity index is 663. The summed E-state index contributed by atoms with van der Waals surface area (Å²) in [5.41, 5.74) is 1.26. The first-order chi connectivity index (χ1) is 11.2. The second-order valence-electron chi connectivity index (χ2n) is 5.86. The van der Waals surface area contributed by atoms with Crippen LogP contribution >= 0.6 is 0 Å². The minimum Gasteiger partial charge on any atom is -0.497 e. The lowest BCUT2D eigenvalue weighted by Gasteiger charge is -2.34. The number of hydrogen-bond acceptors (Lipinski definition) is 4. The van der Waals surface area contributed by atoms with Gasteiger partial charge in [-0.15, -0.1) is 0 Å². The second kappa shape index (κ2) is 6.86. The molecule has 1 aromatic heterocycles. The second-order valence-corrected chi connectivity index (χ2v) is 5.86. The van der Waals surface area contributed by atoms with Crippen molar-refractivity contribution in [1.82, 2.24) is 10.1 Å². The van der Waals surface area contributed by atoms with Crippen LogP contribution in [0.15, 0.2) is 34.9 Å². The third-order valence-corrected chi connectivity index (χ3v) is 4.46. The van der Waals surface area contributed by atoms with Crippen LogP contribution in [0.2, 0.25) is 0 Å². The molecule has 0 radical (unpaired) electrons. The molecule has 3 rings (SSSR count). The number of amides is 1. The highest BCUT2D eigenvalue weighted by molar-refractivity contribution is 5.93. The highest BCUT2D eigenvalue weighted by atomic mass is 16.5. The van der Waals surface area contributed by atoms with E-state index in [9.17, 15) is 4.79 Å². The molecular weight excluding hydrogens is 292 g/mol. The first kappa shape index (κ1) is 15.6. The largest absolute Gasteiger partial charge is 0.497 e. The molecule has 0 saturated carbocycles. The summed E-state index contributed by atoms with van der Waals surface area (Å²) in [7, 11) is 1.63. The summed E-state index contributed by atoms with van der Waals surface area (Å²) in [5.74, 6) is 1.35. The van der Waals surface area contributed by atoms with Crippen LogP contribution in [0.1, 0.15) is 43.1 Å². The lowest BCUT2D eigenvalue weighted by Crippen LogP contribution is -2.43. The lowest BCUT2D eigenvalue weighted by molar-refractivity contribution is 0.0597. The molecule has 1 aliphatic rings. The number of piperidine rings is 1. The van der Waals surface area contributed by atoms with Crippen molar-refractivity contribution in [3.8, 4) is 17.1 Å². The van der Waals surface area contributed by atoms with E-state index in [0.717, 1.165) is 37.1 Å². The van der Waals surface area contributed by atoms with Gasteiger partial charge >= 0.3 is 0 Å². The standard InChI is InChI=1S/C18H22N2O3/c1-3-14-6-4-5-11-20(14)18(21)16-12-17(23-19-16)13-7-9-15(22-2)10-8-13/h7-10,12,14H,3-6,11H2,1-2H3/t14-/m1/s1. The van der Waals surface area contributed by atoms with Gasteiger partial charge in [-0.25, -0.2) is 0 Å². The smallest absolute Gasteiger partial charge is 0.276 e. The van der Waals surface area contributed by atoms with E-state index in [1.807, 2.05) is 29.2 Å². The van der Waals surface area contributed by atoms with E-state index in [0.29, 0.717) is 17.5 Å². The van der Waals surface area contributed by atoms with E-state index >= 15 is 0 Å². The highest BCUT2D eigenvalue weighted by Crippen LogP contribution is 2.25. The molecule has 0 bridgehead atoms. The van der Waals surface area contributed by atoms with Crippen LogP contribution in [-0.4, -0.2) is 35.7 Å². The van der Waals surface area contributed by atoms with Crippen LogP contribution in [0.4, 0.5) is 0 Å². The Kier molecular flexibility index (Phi) is 4.65. The van der Waals surface area contributed by atoms with Crippen molar-refractivity contribution in [3.63, 3.8) is 0 Å². The summed E-state index contributed by atoms with van der Waals surface area (Å²) in [5, 5.41) is 3.98. The monoisotopic (exact) mass is 314 g/mol. The van der Waals surface area contributed by atoms with Gasteiger partial charge in [0, 0.05) is 24.2 Å². The molecule has 0 unspecified atom stereocenters. The van der Waals surface area contributed by atoms with Crippen LogP contribution in [-0.2, 0) is 0 Å². The Labute approximate surface area is 136 Å². The molecule has 5 heteroatoms. The van der Waals surface area contributed by atoms with Crippen LogP contribution < -0.4 is 4.74 Å². The Morgan fingerprint density at radius 1 is 1.35 bits per heavy atom. The van der Waals surface area contributed by atoms with Gasteiger partial charge in [-0.3, -0.25) is 4.79 Å². The van der Waals surface area contributed by atoms with Gasteiger partial charge in [0.2, 0.25) is 0 Å². The number of nitrogens with zero attached hydrogens (tertiary/aromatic N) is 2. The van der Waals surface area contributed by atoms with Crippen molar-refractivity contribution >= 4 is 5.91 Å². The third kappa shape index (κ3) is 3.23. The molecule has 1 amide bonds. The number of benzene rings is 1. The molecule has 122 valence electrons. The number of likely N-dealkylation sites (tertiary alicyclic amines) is 1. The lowest BCUT2D eigenvalue weighted by atomic mass is 9.99. The minimum atomic E-state index is -0.0277. The van der Waals surface area contributed by atoms with Gasteiger partial charge in [-0.2, -0.15) is 0 Å². The summed E-state index contributed by atoms with van der Waals surface area (Å²) >= 11 is 0. The molecule has 0 aliphatic carbocycles. The number of aromatic nitrogens is 1. The normalized spacial score (nSPS) is 18.0. The van der Waals surface area contributed by atoms with Crippen LogP contribution in [0.5, 0.6) is 5.75 Å². The van der Waals surface area contributed by atoms with Gasteiger partial charge in [-0.05, 0) is 49.9 Å². The van der Waals surface area contributed by atoms with Gasteiger partial charge < -0.3 is 14.2 Å². The van der Waals surface area contributed by atoms with E-state index in [2.05, 4.69) is 12.1 Å². The molecule has 2 aromatic rings. The molecule has 5 nitrogen and oxygen atoms in total. The number of hydrogen-bond donors (Lipinski definition) is 0. The zero-order valence-electron chi connectivity index (χ0n) is 13.6. The zero-order valence-corrected chi connectivity index (χ0v) is 13.6. The maximum absolute atomic E-state index is 12.7. The Morgan fingerprint density at radius 2 is 2.13 bits per heavy atom. The first-order valence-electron chi connectivity index (χ1n) is 8.15. The fraction of sp³-hybridized carbons (Fsp3) is 0.444. The maximum Gasteiger partial charge on any atom is 0.276 e. The first-order valence-corrected chi connectivity index (χ1v) is 8.15. The molecule has 1 fully saturated rings. The van der Waals surface area contributed by atoms with Crippen molar-refractivity contribution in [1.29, 1.82) is 0 Å². The number of rotatable bonds is 4. The number of ether oxygens (including phenoxy) is 1. The summed E-state index contributed by atoms with van der Waals surface area (Å²) in [6.45, 7) is 2.93. The average Bonchev–Trinajstić information content (AvgIpc) is 3.11. The Hall–Kier alpha value is -2.30. The van der Waals surface area contributed by atoms with Crippen molar-refractivity contribution in [2.24, 2.45) is 0 Å². The fourth-order valence-corrected chi connectivity index (χ4v) is 3.11. The predicted molar refractivity (Wildman–Crippen MR) is 87.5 cm³/mol. The van der Waals surface area contributed by atoms with Crippen molar-refractivity contribution in [3.05, 3.63) is 36.0 Å². The van der Waals surface area contributed by atoms with Crippen LogP contribution in [0.25, 0.3) is 11.3 Å². The van der Waals surface area contributed by atoms with E-state index in [4.69, 9.17) is 9.26 Å². The number of carbonyl (C=O) groups is 1. The molecule has 1 atom stereocenters. The van der Waals surface area contributed by atoms with Gasteiger partial charge in [0.25, 0.3) is 5.91 Å². The molecule has 0 spiro atoms. The van der Waals surface area contributed by atoms with Crippen molar-refractivity contribution < 1.29 is 14.1 Å². The quantitative estimate of drug-likeness (QED) is 0.862. The summed E-state index contributed by atoms with van der Waals surface area (Å²) in [4.78, 5) is 14.6. The topological polar surface area (TPSA) is 55.6 Å². The van der Waals surface area contributed by atoms with Gasteiger partial charge in [0.05, 0.1) is 7.11 Å². The Balaban J connectivity index is 1.78. The van der Waals surface area contributed by atoms with Crippen molar-refractivity contribution in [2.45, 2.75) is 38.6 Å². The SMILES string of the molecule is CC[C@@H]1CCCCN1C(=O)c1cc(-c2ccc(OC)cc2)on1. The summed E-state index contributed by atoms with van der Waals surface area (Å²) in [6, 6.07) is 9.55. The van der Waals surface area contributed by atoms with E-state index in [-0.39, 0.29) is 5.91 Å². The van der Waals surface area contributed by atoms with Crippen molar-refractivity contribution in [2.75, 3.05) is 13.7 Å². The van der Waals surface area contributed by atoms with Gasteiger partial charge in [-0.1, -0.05) is 12.1 Å². The number of methoxy groups -OCH3 is 1. The Morgan fingerprint density at radius 3 is 2.83 bits per heavy atom. The minimum absolute atomic E-state index is 0.0277. The van der Waals surface area contributed by atoms with Crippen LogP contribution in [0.3, 0.4) is 0 Å². The van der Waals surface area contributed by atoms with E-state index in [1.54, 1.807) is 13.2 Å². The van der Waals surface area contributed by atoms with Crippen LogP contribution in [0, 0.1) is 0 Å².